The van der Waals surface area contributed by atoms with Crippen LogP contribution < -0.4 is 9.47 Å². The van der Waals surface area contributed by atoms with E-state index >= 15 is 0 Å². The quantitative estimate of drug-likeness (QED) is 0.897. The second-order valence-electron chi connectivity index (χ2n) is 6.09. The Morgan fingerprint density at radius 1 is 1.32 bits per heavy atom. The number of para-hydroxylation sites is 2. The maximum Gasteiger partial charge on any atom is 0.311 e. The number of ether oxygens (including phenoxy) is 2. The number of carbonyl (C=O) groups is 2. The SMILES string of the molecule is C[C@]1(C(=O)O)CCCN(C(=O)[C@H]2COc3ccccc3O2)C1. The van der Waals surface area contributed by atoms with Gasteiger partial charge in [0.05, 0.1) is 5.41 Å². The van der Waals surface area contributed by atoms with Gasteiger partial charge in [-0.1, -0.05) is 12.1 Å². The third-order valence-electron chi connectivity index (χ3n) is 4.31. The van der Waals surface area contributed by atoms with Crippen molar-refractivity contribution in [2.45, 2.75) is 25.9 Å². The van der Waals surface area contributed by atoms with Gasteiger partial charge >= 0.3 is 5.97 Å². The van der Waals surface area contributed by atoms with Gasteiger partial charge in [-0.2, -0.15) is 0 Å². The van der Waals surface area contributed by atoms with Crippen LogP contribution in [0.3, 0.4) is 0 Å². The van der Waals surface area contributed by atoms with Gasteiger partial charge < -0.3 is 19.5 Å². The first-order valence-electron chi connectivity index (χ1n) is 7.40. The highest BCUT2D eigenvalue weighted by Gasteiger charge is 2.41. The smallest absolute Gasteiger partial charge is 0.311 e. The lowest BCUT2D eigenvalue weighted by Gasteiger charge is -2.39. The summed E-state index contributed by atoms with van der Waals surface area (Å²) in [5.41, 5.74) is -0.888. The van der Waals surface area contributed by atoms with Crippen LogP contribution in [0.5, 0.6) is 11.5 Å². The topological polar surface area (TPSA) is 76.1 Å². The van der Waals surface area contributed by atoms with E-state index in [9.17, 15) is 14.7 Å². The third-order valence-corrected chi connectivity index (χ3v) is 4.31. The normalized spacial score (nSPS) is 27.3. The Balaban J connectivity index is 1.71. The van der Waals surface area contributed by atoms with Crippen LogP contribution in [0.2, 0.25) is 0 Å². The first kappa shape index (κ1) is 14.7. The van der Waals surface area contributed by atoms with Crippen LogP contribution in [0, 0.1) is 5.41 Å². The average Bonchev–Trinajstić information content (AvgIpc) is 2.53. The molecule has 2 atom stereocenters. The second-order valence-corrected chi connectivity index (χ2v) is 6.09. The van der Waals surface area contributed by atoms with E-state index in [0.717, 1.165) is 0 Å². The maximum atomic E-state index is 12.6. The molecule has 1 fully saturated rings. The number of carboxylic acids is 1. The van der Waals surface area contributed by atoms with Crippen molar-refractivity contribution in [1.29, 1.82) is 0 Å². The molecule has 0 bridgehead atoms. The molecular weight excluding hydrogens is 286 g/mol. The lowest BCUT2D eigenvalue weighted by Crippen LogP contribution is -2.53. The zero-order chi connectivity index (χ0) is 15.7. The van der Waals surface area contributed by atoms with Crippen molar-refractivity contribution in [3.8, 4) is 11.5 Å². The van der Waals surface area contributed by atoms with Gasteiger partial charge in [-0.3, -0.25) is 9.59 Å². The molecule has 6 nitrogen and oxygen atoms in total. The molecule has 0 spiro atoms. The fourth-order valence-corrected chi connectivity index (χ4v) is 2.95. The molecule has 0 saturated carbocycles. The summed E-state index contributed by atoms with van der Waals surface area (Å²) < 4.78 is 11.3. The molecule has 1 aromatic rings. The third kappa shape index (κ3) is 2.61. The summed E-state index contributed by atoms with van der Waals surface area (Å²) >= 11 is 0. The predicted molar refractivity (Wildman–Crippen MR) is 77.9 cm³/mol. The van der Waals surface area contributed by atoms with Crippen molar-refractivity contribution in [3.63, 3.8) is 0 Å². The molecule has 3 rings (SSSR count). The first-order chi connectivity index (χ1) is 10.5. The Kier molecular flexibility index (Phi) is 3.68. The van der Waals surface area contributed by atoms with Gasteiger partial charge in [-0.15, -0.1) is 0 Å². The van der Waals surface area contributed by atoms with Crippen LogP contribution >= 0.6 is 0 Å². The second kappa shape index (κ2) is 5.51. The molecule has 2 aliphatic heterocycles. The number of hydrogen-bond acceptors (Lipinski definition) is 4. The highest BCUT2D eigenvalue weighted by molar-refractivity contribution is 5.83. The summed E-state index contributed by atoms with van der Waals surface area (Å²) in [6, 6.07) is 7.20. The molecule has 1 aromatic carbocycles. The van der Waals surface area contributed by atoms with E-state index < -0.39 is 17.5 Å². The summed E-state index contributed by atoms with van der Waals surface area (Å²) in [5.74, 6) is 0.100. The molecule has 2 aliphatic rings. The van der Waals surface area contributed by atoms with E-state index in [0.29, 0.717) is 30.9 Å². The number of rotatable bonds is 2. The van der Waals surface area contributed by atoms with Crippen LogP contribution in [-0.2, 0) is 9.59 Å². The minimum Gasteiger partial charge on any atom is -0.485 e. The van der Waals surface area contributed by atoms with Gasteiger partial charge in [0.1, 0.15) is 6.61 Å². The van der Waals surface area contributed by atoms with Crippen LogP contribution in [0.15, 0.2) is 24.3 Å². The number of carbonyl (C=O) groups excluding carboxylic acids is 1. The zero-order valence-electron chi connectivity index (χ0n) is 12.4. The highest BCUT2D eigenvalue weighted by Crippen LogP contribution is 2.33. The average molecular weight is 305 g/mol. The fourth-order valence-electron chi connectivity index (χ4n) is 2.95. The number of aliphatic carboxylic acids is 1. The Morgan fingerprint density at radius 2 is 2.05 bits per heavy atom. The number of fused-ring (bicyclic) bond motifs is 1. The molecule has 0 unspecified atom stereocenters. The Morgan fingerprint density at radius 3 is 2.77 bits per heavy atom. The van der Waals surface area contributed by atoms with Crippen molar-refractivity contribution in [2.24, 2.45) is 5.41 Å². The van der Waals surface area contributed by atoms with Crippen molar-refractivity contribution in [2.75, 3.05) is 19.7 Å². The van der Waals surface area contributed by atoms with Gasteiger partial charge in [0.25, 0.3) is 5.91 Å². The molecule has 0 radical (unpaired) electrons. The molecule has 6 heteroatoms. The van der Waals surface area contributed by atoms with Gasteiger partial charge in [0.15, 0.2) is 11.5 Å². The van der Waals surface area contributed by atoms with E-state index in [4.69, 9.17) is 9.47 Å². The summed E-state index contributed by atoms with van der Waals surface area (Å²) in [6.07, 6.45) is 0.543. The largest absolute Gasteiger partial charge is 0.485 e. The summed E-state index contributed by atoms with van der Waals surface area (Å²) in [6.45, 7) is 2.60. The standard InChI is InChI=1S/C16H19NO5/c1-16(15(19)20)7-4-8-17(10-16)14(18)13-9-21-11-5-2-3-6-12(11)22-13/h2-3,5-6,13H,4,7-10H2,1H3,(H,19,20)/t13-,16+/m1/s1. The Bertz CT molecular complexity index is 602. The van der Waals surface area contributed by atoms with Crippen molar-refractivity contribution in [3.05, 3.63) is 24.3 Å². The maximum absolute atomic E-state index is 12.6. The number of carboxylic acid groups (broad SMARTS) is 1. The van der Waals surface area contributed by atoms with Crippen molar-refractivity contribution in [1.82, 2.24) is 4.90 Å². The lowest BCUT2D eigenvalue weighted by atomic mass is 9.82. The van der Waals surface area contributed by atoms with Crippen LogP contribution in [-0.4, -0.2) is 47.7 Å². The van der Waals surface area contributed by atoms with E-state index in [1.54, 1.807) is 24.0 Å². The lowest BCUT2D eigenvalue weighted by molar-refractivity contribution is -0.156. The predicted octanol–water partition coefficient (Wildman–Crippen LogP) is 1.54. The fraction of sp³-hybridized carbons (Fsp3) is 0.500. The molecule has 22 heavy (non-hydrogen) atoms. The summed E-state index contributed by atoms with van der Waals surface area (Å²) in [7, 11) is 0. The number of amides is 1. The van der Waals surface area contributed by atoms with Gasteiger partial charge in [-0.25, -0.2) is 0 Å². The van der Waals surface area contributed by atoms with E-state index in [1.165, 1.54) is 0 Å². The molecule has 0 aromatic heterocycles. The molecule has 1 amide bonds. The number of benzene rings is 1. The number of hydrogen-bond donors (Lipinski definition) is 1. The molecule has 0 aliphatic carbocycles. The Hall–Kier alpha value is -2.24. The molecule has 1 N–H and O–H groups in total. The minimum absolute atomic E-state index is 0.149. The van der Waals surface area contributed by atoms with E-state index in [2.05, 4.69) is 0 Å². The summed E-state index contributed by atoms with van der Waals surface area (Å²) in [5, 5.41) is 9.34. The van der Waals surface area contributed by atoms with Crippen LogP contribution in [0.1, 0.15) is 19.8 Å². The molecule has 118 valence electrons. The minimum atomic E-state index is -0.888. The molecule has 2 heterocycles. The van der Waals surface area contributed by atoms with Crippen molar-refractivity contribution < 1.29 is 24.2 Å². The monoisotopic (exact) mass is 305 g/mol. The van der Waals surface area contributed by atoms with Gasteiger partial charge in [-0.05, 0) is 31.9 Å². The van der Waals surface area contributed by atoms with Gasteiger partial charge in [0, 0.05) is 13.1 Å². The summed E-state index contributed by atoms with van der Waals surface area (Å²) in [4.78, 5) is 25.6. The van der Waals surface area contributed by atoms with Crippen LogP contribution in [0.25, 0.3) is 0 Å². The van der Waals surface area contributed by atoms with Gasteiger partial charge in [0.2, 0.25) is 6.10 Å². The Labute approximate surface area is 128 Å². The molecule has 1 saturated heterocycles. The number of piperidine rings is 1. The van der Waals surface area contributed by atoms with E-state index in [1.807, 2.05) is 12.1 Å². The number of likely N-dealkylation sites (tertiary alicyclic amines) is 1. The van der Waals surface area contributed by atoms with Crippen molar-refractivity contribution >= 4 is 11.9 Å². The molecular formula is C16H19NO5. The van der Waals surface area contributed by atoms with E-state index in [-0.39, 0.29) is 19.1 Å². The first-order valence-corrected chi connectivity index (χ1v) is 7.40. The number of nitrogens with zero attached hydrogens (tertiary/aromatic N) is 1. The highest BCUT2D eigenvalue weighted by atomic mass is 16.6. The zero-order valence-corrected chi connectivity index (χ0v) is 12.4. The van der Waals surface area contributed by atoms with Crippen LogP contribution in [0.4, 0.5) is 0 Å².